The van der Waals surface area contributed by atoms with E-state index in [-0.39, 0.29) is 12.6 Å². The van der Waals surface area contributed by atoms with Crippen molar-refractivity contribution < 1.29 is 10.2 Å². The van der Waals surface area contributed by atoms with Crippen molar-refractivity contribution in [3.05, 3.63) is 59.2 Å². The van der Waals surface area contributed by atoms with Crippen LogP contribution in [-0.4, -0.2) is 16.8 Å². The third-order valence-corrected chi connectivity index (χ3v) is 4.14. The zero-order chi connectivity index (χ0) is 14.7. The first kappa shape index (κ1) is 14.0. The Balaban J connectivity index is 1.75. The van der Waals surface area contributed by atoms with E-state index in [1.165, 1.54) is 11.1 Å². The Kier molecular flexibility index (Phi) is 4.11. The van der Waals surface area contributed by atoms with Gasteiger partial charge in [0.25, 0.3) is 0 Å². The molecule has 3 heteroatoms. The molecule has 21 heavy (non-hydrogen) atoms. The first-order valence-corrected chi connectivity index (χ1v) is 7.55. The van der Waals surface area contributed by atoms with Gasteiger partial charge in [-0.1, -0.05) is 24.3 Å². The van der Waals surface area contributed by atoms with Gasteiger partial charge in [-0.3, -0.25) is 0 Å². The fraction of sp³-hybridized carbons (Fsp3) is 0.333. The van der Waals surface area contributed by atoms with Gasteiger partial charge in [0, 0.05) is 12.3 Å². The maximum absolute atomic E-state index is 9.90. The fourth-order valence-corrected chi connectivity index (χ4v) is 3.09. The molecule has 2 aromatic rings. The largest absolute Gasteiger partial charge is 0.508 e. The standard InChI is InChI=1S/C18H21NO2/c20-11-3-5-13-4-1-6-14(12-13)19-17-10-9-16-15(17)7-2-8-18(16)21/h1-2,4,6-8,12,17,19-21H,3,5,9-11H2. The van der Waals surface area contributed by atoms with Crippen molar-refractivity contribution >= 4 is 5.69 Å². The Morgan fingerprint density at radius 3 is 2.86 bits per heavy atom. The summed E-state index contributed by atoms with van der Waals surface area (Å²) in [5, 5.41) is 22.4. The number of fused-ring (bicyclic) bond motifs is 1. The van der Waals surface area contributed by atoms with Gasteiger partial charge in [0.15, 0.2) is 0 Å². The lowest BCUT2D eigenvalue weighted by Crippen LogP contribution is -2.07. The number of benzene rings is 2. The number of nitrogens with one attached hydrogen (secondary N) is 1. The van der Waals surface area contributed by atoms with Crippen molar-refractivity contribution in [1.29, 1.82) is 0 Å². The topological polar surface area (TPSA) is 52.5 Å². The molecule has 1 aliphatic carbocycles. The minimum atomic E-state index is 0.229. The highest BCUT2D eigenvalue weighted by Gasteiger charge is 2.24. The van der Waals surface area contributed by atoms with Crippen molar-refractivity contribution in [3.63, 3.8) is 0 Å². The Morgan fingerprint density at radius 1 is 1.14 bits per heavy atom. The number of aliphatic hydroxyl groups excluding tert-OH is 1. The summed E-state index contributed by atoms with van der Waals surface area (Å²) in [6, 6.07) is 14.4. The SMILES string of the molecule is OCCCc1cccc(NC2CCc3c(O)cccc32)c1. The monoisotopic (exact) mass is 283 g/mol. The molecule has 3 N–H and O–H groups in total. The van der Waals surface area contributed by atoms with E-state index in [1.807, 2.05) is 12.1 Å². The second-order valence-corrected chi connectivity index (χ2v) is 5.61. The zero-order valence-corrected chi connectivity index (χ0v) is 12.0. The van der Waals surface area contributed by atoms with E-state index in [9.17, 15) is 5.11 Å². The van der Waals surface area contributed by atoms with Crippen LogP contribution in [0.15, 0.2) is 42.5 Å². The van der Waals surface area contributed by atoms with Gasteiger partial charge in [-0.15, -0.1) is 0 Å². The number of rotatable bonds is 5. The first-order valence-electron chi connectivity index (χ1n) is 7.55. The van der Waals surface area contributed by atoms with Crippen molar-refractivity contribution in [3.8, 4) is 5.75 Å². The molecule has 0 heterocycles. The third-order valence-electron chi connectivity index (χ3n) is 4.14. The summed E-state index contributed by atoms with van der Waals surface area (Å²) in [6.07, 6.45) is 3.62. The van der Waals surface area contributed by atoms with Gasteiger partial charge in [-0.2, -0.15) is 0 Å². The van der Waals surface area contributed by atoms with Crippen LogP contribution in [0.2, 0.25) is 0 Å². The number of anilines is 1. The summed E-state index contributed by atoms with van der Waals surface area (Å²) in [7, 11) is 0. The lowest BCUT2D eigenvalue weighted by Gasteiger charge is -2.16. The van der Waals surface area contributed by atoms with Gasteiger partial charge in [0.2, 0.25) is 0 Å². The minimum Gasteiger partial charge on any atom is -0.508 e. The molecule has 0 saturated carbocycles. The molecule has 3 nitrogen and oxygen atoms in total. The molecule has 0 aromatic heterocycles. The molecule has 0 spiro atoms. The van der Waals surface area contributed by atoms with E-state index >= 15 is 0 Å². The average molecular weight is 283 g/mol. The van der Waals surface area contributed by atoms with Crippen LogP contribution in [-0.2, 0) is 12.8 Å². The first-order chi connectivity index (χ1) is 10.3. The van der Waals surface area contributed by atoms with E-state index < -0.39 is 0 Å². The number of aryl methyl sites for hydroxylation is 1. The molecule has 110 valence electrons. The van der Waals surface area contributed by atoms with Crippen molar-refractivity contribution in [2.45, 2.75) is 31.7 Å². The molecule has 1 atom stereocenters. The van der Waals surface area contributed by atoms with Crippen LogP contribution >= 0.6 is 0 Å². The number of hydrogen-bond donors (Lipinski definition) is 3. The van der Waals surface area contributed by atoms with Gasteiger partial charge < -0.3 is 15.5 Å². The minimum absolute atomic E-state index is 0.229. The molecule has 3 rings (SSSR count). The predicted molar refractivity (Wildman–Crippen MR) is 84.6 cm³/mol. The molecule has 0 fully saturated rings. The predicted octanol–water partition coefficient (Wildman–Crippen LogP) is 3.42. The summed E-state index contributed by atoms with van der Waals surface area (Å²) in [5.41, 5.74) is 4.62. The number of aromatic hydroxyl groups is 1. The molecule has 1 unspecified atom stereocenters. The number of phenols is 1. The molecule has 0 amide bonds. The maximum Gasteiger partial charge on any atom is 0.119 e. The highest BCUT2D eigenvalue weighted by Crippen LogP contribution is 2.38. The van der Waals surface area contributed by atoms with Gasteiger partial charge in [-0.05, 0) is 60.6 Å². The summed E-state index contributed by atoms with van der Waals surface area (Å²) in [4.78, 5) is 0. The van der Waals surface area contributed by atoms with E-state index in [1.54, 1.807) is 6.07 Å². The van der Waals surface area contributed by atoms with Gasteiger partial charge >= 0.3 is 0 Å². The van der Waals surface area contributed by atoms with Crippen molar-refractivity contribution in [2.24, 2.45) is 0 Å². The molecule has 0 bridgehead atoms. The van der Waals surface area contributed by atoms with Crippen LogP contribution in [0.25, 0.3) is 0 Å². The molecule has 0 radical (unpaired) electrons. The smallest absolute Gasteiger partial charge is 0.119 e. The second kappa shape index (κ2) is 6.19. The third kappa shape index (κ3) is 3.03. The Hall–Kier alpha value is -2.00. The highest BCUT2D eigenvalue weighted by atomic mass is 16.3. The normalized spacial score (nSPS) is 16.7. The van der Waals surface area contributed by atoms with Gasteiger partial charge in [-0.25, -0.2) is 0 Å². The lowest BCUT2D eigenvalue weighted by molar-refractivity contribution is 0.288. The average Bonchev–Trinajstić information content (AvgIpc) is 2.90. The fourth-order valence-electron chi connectivity index (χ4n) is 3.09. The van der Waals surface area contributed by atoms with Crippen LogP contribution in [0.4, 0.5) is 5.69 Å². The molecule has 0 saturated heterocycles. The molecular weight excluding hydrogens is 262 g/mol. The van der Waals surface area contributed by atoms with Crippen molar-refractivity contribution in [2.75, 3.05) is 11.9 Å². The van der Waals surface area contributed by atoms with Crippen LogP contribution in [0.3, 0.4) is 0 Å². The Morgan fingerprint density at radius 2 is 2.00 bits per heavy atom. The zero-order valence-electron chi connectivity index (χ0n) is 12.0. The molecule has 2 aromatic carbocycles. The molecule has 0 aliphatic heterocycles. The summed E-state index contributed by atoms with van der Waals surface area (Å²) in [5.74, 6) is 0.411. The molecule has 1 aliphatic rings. The summed E-state index contributed by atoms with van der Waals surface area (Å²) >= 11 is 0. The van der Waals surface area contributed by atoms with E-state index in [4.69, 9.17) is 5.11 Å². The highest BCUT2D eigenvalue weighted by molar-refractivity contribution is 5.52. The summed E-state index contributed by atoms with van der Waals surface area (Å²) < 4.78 is 0. The van der Waals surface area contributed by atoms with E-state index in [0.29, 0.717) is 5.75 Å². The van der Waals surface area contributed by atoms with Crippen LogP contribution in [0.1, 0.15) is 35.6 Å². The Labute approximate surface area is 125 Å². The van der Waals surface area contributed by atoms with E-state index in [0.717, 1.165) is 36.9 Å². The number of phenolic OH excluding ortho intramolecular Hbond substituents is 1. The van der Waals surface area contributed by atoms with Crippen LogP contribution in [0, 0.1) is 0 Å². The number of hydrogen-bond acceptors (Lipinski definition) is 3. The van der Waals surface area contributed by atoms with Crippen molar-refractivity contribution in [1.82, 2.24) is 0 Å². The lowest BCUT2D eigenvalue weighted by atomic mass is 10.1. The second-order valence-electron chi connectivity index (χ2n) is 5.61. The number of aliphatic hydroxyl groups is 1. The maximum atomic E-state index is 9.90. The quantitative estimate of drug-likeness (QED) is 0.788. The Bertz CT molecular complexity index is 624. The molecular formula is C18H21NO2. The van der Waals surface area contributed by atoms with Crippen LogP contribution < -0.4 is 5.32 Å². The summed E-state index contributed by atoms with van der Waals surface area (Å²) in [6.45, 7) is 0.229. The van der Waals surface area contributed by atoms with Gasteiger partial charge in [0.05, 0.1) is 6.04 Å². The van der Waals surface area contributed by atoms with Crippen LogP contribution in [0.5, 0.6) is 5.75 Å². The van der Waals surface area contributed by atoms with Gasteiger partial charge in [0.1, 0.15) is 5.75 Å². The van der Waals surface area contributed by atoms with E-state index in [2.05, 4.69) is 29.6 Å².